The number of halogens is 1. The molecule has 1 unspecified atom stereocenters. The summed E-state index contributed by atoms with van der Waals surface area (Å²) in [5.74, 6) is -0.920. The van der Waals surface area contributed by atoms with Crippen molar-refractivity contribution in [3.63, 3.8) is 0 Å². The summed E-state index contributed by atoms with van der Waals surface area (Å²) in [4.78, 5) is 16.7. The minimum Gasteiger partial charge on any atom is -0.381 e. The van der Waals surface area contributed by atoms with Gasteiger partial charge in [0.1, 0.15) is 18.2 Å². The van der Waals surface area contributed by atoms with Gasteiger partial charge in [0.05, 0.1) is 23.8 Å². The summed E-state index contributed by atoms with van der Waals surface area (Å²) in [6.45, 7) is 1.09. The van der Waals surface area contributed by atoms with Crippen molar-refractivity contribution in [1.82, 2.24) is 14.6 Å². The normalized spacial score (nSPS) is 16.8. The zero-order valence-electron chi connectivity index (χ0n) is 14.4. The molecule has 0 saturated carbocycles. The van der Waals surface area contributed by atoms with Crippen LogP contribution in [-0.2, 0) is 9.53 Å². The quantitative estimate of drug-likeness (QED) is 0.770. The fourth-order valence-electron chi connectivity index (χ4n) is 3.16. The summed E-state index contributed by atoms with van der Waals surface area (Å²) in [5, 5.41) is 16.0. The standard InChI is InChI=1S/C19H16FN5O2/c20-16-6-12(3-4-13(16)9-21)17-7-15(8-18-22-11-23-25(17)18)24-19(26)14-2-1-5-27-10-14/h3-4,6-8,11,14H,1-2,5,10H2,(H,24,26). The Labute approximate surface area is 154 Å². The van der Waals surface area contributed by atoms with E-state index in [1.54, 1.807) is 28.8 Å². The molecule has 0 bridgehead atoms. The number of pyridine rings is 1. The molecule has 0 radical (unpaired) electrons. The van der Waals surface area contributed by atoms with Crippen LogP contribution in [0.15, 0.2) is 36.7 Å². The van der Waals surface area contributed by atoms with E-state index in [-0.39, 0.29) is 17.4 Å². The SMILES string of the molecule is N#Cc1ccc(-c2cc(NC(=O)C3CCCOC3)cc3ncnn23)cc1F. The first-order valence-corrected chi connectivity index (χ1v) is 8.58. The molecule has 7 nitrogen and oxygen atoms in total. The predicted octanol–water partition coefficient (Wildman–Crippen LogP) is 2.77. The van der Waals surface area contributed by atoms with Crippen LogP contribution in [0, 0.1) is 23.1 Å². The van der Waals surface area contributed by atoms with Crippen molar-refractivity contribution >= 4 is 17.2 Å². The number of ether oxygens (including phenoxy) is 1. The van der Waals surface area contributed by atoms with Gasteiger partial charge < -0.3 is 10.1 Å². The third kappa shape index (κ3) is 3.37. The molecule has 3 aromatic rings. The molecular weight excluding hydrogens is 349 g/mol. The average molecular weight is 365 g/mol. The predicted molar refractivity (Wildman–Crippen MR) is 95.3 cm³/mol. The van der Waals surface area contributed by atoms with Crippen LogP contribution >= 0.6 is 0 Å². The number of rotatable bonds is 3. The zero-order chi connectivity index (χ0) is 18.8. The topological polar surface area (TPSA) is 92.3 Å². The third-order valence-corrected chi connectivity index (χ3v) is 4.56. The Hall–Kier alpha value is -3.31. The van der Waals surface area contributed by atoms with Crippen molar-refractivity contribution in [2.45, 2.75) is 12.8 Å². The molecule has 27 heavy (non-hydrogen) atoms. The second-order valence-electron chi connectivity index (χ2n) is 6.37. The van der Waals surface area contributed by atoms with E-state index in [4.69, 9.17) is 10.00 Å². The van der Waals surface area contributed by atoms with E-state index in [0.29, 0.717) is 35.8 Å². The minimum absolute atomic E-state index is 0.0321. The molecule has 1 fully saturated rings. The van der Waals surface area contributed by atoms with Gasteiger partial charge in [0.25, 0.3) is 0 Å². The number of nitrogens with zero attached hydrogens (tertiary/aromatic N) is 4. The van der Waals surface area contributed by atoms with E-state index in [9.17, 15) is 9.18 Å². The first-order valence-electron chi connectivity index (χ1n) is 8.58. The van der Waals surface area contributed by atoms with E-state index in [1.807, 2.05) is 0 Å². The fourth-order valence-corrected chi connectivity index (χ4v) is 3.16. The van der Waals surface area contributed by atoms with Crippen molar-refractivity contribution in [3.8, 4) is 17.3 Å². The summed E-state index contributed by atoms with van der Waals surface area (Å²) in [7, 11) is 0. The Kier molecular flexibility index (Phi) is 4.52. The molecule has 4 rings (SSSR count). The molecule has 1 saturated heterocycles. The lowest BCUT2D eigenvalue weighted by atomic mass is 10.0. The summed E-state index contributed by atoms with van der Waals surface area (Å²) in [5.41, 5.74) is 2.12. The number of carbonyl (C=O) groups is 1. The van der Waals surface area contributed by atoms with Gasteiger partial charge in [-0.25, -0.2) is 13.9 Å². The number of aromatic nitrogens is 3. The Balaban J connectivity index is 1.70. The Morgan fingerprint density at radius 3 is 3.00 bits per heavy atom. The lowest BCUT2D eigenvalue weighted by molar-refractivity contribution is -0.123. The Bertz CT molecular complexity index is 1050. The highest BCUT2D eigenvalue weighted by Crippen LogP contribution is 2.26. The van der Waals surface area contributed by atoms with Crippen LogP contribution in [0.5, 0.6) is 0 Å². The van der Waals surface area contributed by atoms with Crippen LogP contribution in [-0.4, -0.2) is 33.7 Å². The van der Waals surface area contributed by atoms with E-state index >= 15 is 0 Å². The number of anilines is 1. The van der Waals surface area contributed by atoms with Gasteiger partial charge >= 0.3 is 0 Å². The number of nitriles is 1. The maximum Gasteiger partial charge on any atom is 0.229 e. The van der Waals surface area contributed by atoms with Crippen molar-refractivity contribution in [1.29, 1.82) is 5.26 Å². The largest absolute Gasteiger partial charge is 0.381 e. The second kappa shape index (κ2) is 7.13. The molecule has 0 aliphatic carbocycles. The smallest absolute Gasteiger partial charge is 0.229 e. The Morgan fingerprint density at radius 1 is 1.37 bits per heavy atom. The molecule has 3 heterocycles. The van der Waals surface area contributed by atoms with E-state index in [1.165, 1.54) is 18.5 Å². The summed E-state index contributed by atoms with van der Waals surface area (Å²) in [6.07, 6.45) is 3.03. The highest BCUT2D eigenvalue weighted by Gasteiger charge is 2.22. The van der Waals surface area contributed by atoms with Crippen LogP contribution in [0.25, 0.3) is 16.9 Å². The third-order valence-electron chi connectivity index (χ3n) is 4.56. The van der Waals surface area contributed by atoms with Gasteiger partial charge in [-0.1, -0.05) is 6.07 Å². The molecule has 1 aromatic carbocycles. The number of fused-ring (bicyclic) bond motifs is 1. The molecule has 1 aliphatic heterocycles. The molecule has 1 amide bonds. The molecule has 0 spiro atoms. The molecule has 2 aromatic heterocycles. The van der Waals surface area contributed by atoms with Gasteiger partial charge in [-0.15, -0.1) is 0 Å². The van der Waals surface area contributed by atoms with Gasteiger partial charge in [0.15, 0.2) is 5.65 Å². The number of hydrogen-bond donors (Lipinski definition) is 1. The number of benzene rings is 1. The second-order valence-corrected chi connectivity index (χ2v) is 6.37. The Morgan fingerprint density at radius 2 is 2.26 bits per heavy atom. The monoisotopic (exact) mass is 365 g/mol. The van der Waals surface area contributed by atoms with Crippen LogP contribution in [0.1, 0.15) is 18.4 Å². The van der Waals surface area contributed by atoms with Crippen LogP contribution in [0.4, 0.5) is 10.1 Å². The van der Waals surface area contributed by atoms with Crippen LogP contribution in [0.2, 0.25) is 0 Å². The summed E-state index contributed by atoms with van der Waals surface area (Å²) in [6, 6.07) is 9.55. The molecule has 1 aliphatic rings. The average Bonchev–Trinajstić information content (AvgIpc) is 3.16. The molecule has 1 N–H and O–H groups in total. The van der Waals surface area contributed by atoms with Crippen molar-refractivity contribution in [2.75, 3.05) is 18.5 Å². The van der Waals surface area contributed by atoms with Crippen molar-refractivity contribution < 1.29 is 13.9 Å². The number of nitrogens with one attached hydrogen (secondary N) is 1. The first kappa shape index (κ1) is 17.1. The van der Waals surface area contributed by atoms with E-state index in [0.717, 1.165) is 12.8 Å². The van der Waals surface area contributed by atoms with Gasteiger partial charge in [-0.3, -0.25) is 4.79 Å². The maximum atomic E-state index is 14.1. The maximum absolute atomic E-state index is 14.1. The van der Waals surface area contributed by atoms with Gasteiger partial charge in [0.2, 0.25) is 5.91 Å². The van der Waals surface area contributed by atoms with Gasteiger partial charge in [0, 0.05) is 23.9 Å². The number of amides is 1. The van der Waals surface area contributed by atoms with E-state index in [2.05, 4.69) is 15.4 Å². The molecule has 136 valence electrons. The zero-order valence-corrected chi connectivity index (χ0v) is 14.4. The highest BCUT2D eigenvalue weighted by molar-refractivity contribution is 5.93. The van der Waals surface area contributed by atoms with E-state index < -0.39 is 5.82 Å². The first-order chi connectivity index (χ1) is 13.2. The fraction of sp³-hybridized carbons (Fsp3) is 0.263. The molecular formula is C19H16FN5O2. The molecule has 1 atom stereocenters. The van der Waals surface area contributed by atoms with Crippen LogP contribution in [0.3, 0.4) is 0 Å². The van der Waals surface area contributed by atoms with Crippen LogP contribution < -0.4 is 5.32 Å². The minimum atomic E-state index is -0.614. The summed E-state index contributed by atoms with van der Waals surface area (Å²) < 4.78 is 21.0. The van der Waals surface area contributed by atoms with Gasteiger partial charge in [-0.05, 0) is 31.0 Å². The highest BCUT2D eigenvalue weighted by atomic mass is 19.1. The van der Waals surface area contributed by atoms with Crippen molar-refractivity contribution in [3.05, 3.63) is 48.0 Å². The number of hydrogen-bond acceptors (Lipinski definition) is 5. The summed E-state index contributed by atoms with van der Waals surface area (Å²) >= 11 is 0. The lowest BCUT2D eigenvalue weighted by Crippen LogP contribution is -2.30. The number of carbonyl (C=O) groups excluding carboxylic acids is 1. The van der Waals surface area contributed by atoms with Gasteiger partial charge in [-0.2, -0.15) is 10.4 Å². The molecule has 8 heteroatoms. The van der Waals surface area contributed by atoms with Crippen molar-refractivity contribution in [2.24, 2.45) is 5.92 Å². The lowest BCUT2D eigenvalue weighted by Gasteiger charge is -2.21.